The Labute approximate surface area is 107 Å². The summed E-state index contributed by atoms with van der Waals surface area (Å²) in [5.41, 5.74) is 1.61. The van der Waals surface area contributed by atoms with Gasteiger partial charge in [-0.3, -0.25) is 4.79 Å². The van der Waals surface area contributed by atoms with Crippen molar-refractivity contribution < 1.29 is 10.2 Å². The van der Waals surface area contributed by atoms with E-state index in [1.165, 1.54) is 0 Å². The maximum absolute atomic E-state index is 12.1. The molecule has 98 valence electrons. The molecule has 0 spiro atoms. The minimum atomic E-state index is -1.06. The topological polar surface area (TPSA) is 57.5 Å². The van der Waals surface area contributed by atoms with Crippen LogP contribution in [-0.4, -0.2) is 10.2 Å². The molecule has 0 fully saturated rings. The summed E-state index contributed by atoms with van der Waals surface area (Å²) < 4.78 is 0. The number of hydrogen-bond acceptors (Lipinski definition) is 3. The van der Waals surface area contributed by atoms with E-state index < -0.39 is 11.7 Å². The molecule has 1 aromatic rings. The summed E-state index contributed by atoms with van der Waals surface area (Å²) >= 11 is 0. The molecule has 0 amide bonds. The van der Waals surface area contributed by atoms with Gasteiger partial charge >= 0.3 is 0 Å². The lowest BCUT2D eigenvalue weighted by atomic mass is 9.96. The lowest BCUT2D eigenvalue weighted by molar-refractivity contribution is 0.0227. The molecule has 0 aromatic heterocycles. The van der Waals surface area contributed by atoms with E-state index in [2.05, 4.69) is 0 Å². The zero-order valence-electron chi connectivity index (χ0n) is 11.3. The van der Waals surface area contributed by atoms with Crippen LogP contribution in [0.2, 0.25) is 0 Å². The fourth-order valence-corrected chi connectivity index (χ4v) is 2.68. The summed E-state index contributed by atoms with van der Waals surface area (Å²) in [6, 6.07) is 3.48. The largest absolute Gasteiger partial charge is 0.388 e. The first kappa shape index (κ1) is 13.2. The molecule has 0 saturated heterocycles. The summed E-state index contributed by atoms with van der Waals surface area (Å²) in [6.45, 7) is 7.43. The molecule has 3 nitrogen and oxygen atoms in total. The Bertz CT molecular complexity index is 544. The molecule has 2 rings (SSSR count). The molecular formula is C15H20O3. The molecule has 2 atom stereocenters. The lowest BCUT2D eigenvalue weighted by Gasteiger charge is -2.17. The Hall–Kier alpha value is -1.19. The zero-order chi connectivity index (χ0) is 13.7. The Morgan fingerprint density at radius 2 is 2.00 bits per heavy atom. The van der Waals surface area contributed by atoms with E-state index >= 15 is 0 Å². The highest BCUT2D eigenvalue weighted by Crippen LogP contribution is 2.43. The summed E-state index contributed by atoms with van der Waals surface area (Å²) in [7, 11) is 0. The quantitative estimate of drug-likeness (QED) is 0.800. The van der Waals surface area contributed by atoms with Gasteiger partial charge in [-0.25, -0.2) is 0 Å². The van der Waals surface area contributed by atoms with Crippen molar-refractivity contribution in [2.45, 2.75) is 51.7 Å². The van der Waals surface area contributed by atoms with Crippen molar-refractivity contribution in [3.8, 4) is 0 Å². The molecule has 0 saturated carbocycles. The third-order valence-corrected chi connectivity index (χ3v) is 3.84. The minimum absolute atomic E-state index is 0.0725. The number of fused-ring (bicyclic) bond motifs is 1. The van der Waals surface area contributed by atoms with Gasteiger partial charge in [0, 0.05) is 12.0 Å². The van der Waals surface area contributed by atoms with E-state index in [4.69, 9.17) is 0 Å². The summed E-state index contributed by atoms with van der Waals surface area (Å²) in [5, 5.41) is 20.5. The van der Waals surface area contributed by atoms with E-state index in [1.807, 2.05) is 19.9 Å². The fourth-order valence-electron chi connectivity index (χ4n) is 2.68. The monoisotopic (exact) mass is 248 g/mol. The Morgan fingerprint density at radius 3 is 2.56 bits per heavy atom. The van der Waals surface area contributed by atoms with Crippen LogP contribution in [0.4, 0.5) is 0 Å². The van der Waals surface area contributed by atoms with Crippen LogP contribution in [0.3, 0.4) is 0 Å². The Morgan fingerprint density at radius 1 is 1.39 bits per heavy atom. The van der Waals surface area contributed by atoms with Gasteiger partial charge in [-0.05, 0) is 42.5 Å². The van der Waals surface area contributed by atoms with Crippen LogP contribution in [0.15, 0.2) is 16.9 Å². The van der Waals surface area contributed by atoms with Gasteiger partial charge in [-0.2, -0.15) is 0 Å². The van der Waals surface area contributed by atoms with Crippen molar-refractivity contribution in [1.29, 1.82) is 0 Å². The molecule has 1 aliphatic carbocycles. The minimum Gasteiger partial charge on any atom is -0.388 e. The summed E-state index contributed by atoms with van der Waals surface area (Å²) in [4.78, 5) is 12.1. The van der Waals surface area contributed by atoms with Crippen molar-refractivity contribution in [3.05, 3.63) is 44.6 Å². The highest BCUT2D eigenvalue weighted by Gasteiger charge is 2.39. The lowest BCUT2D eigenvalue weighted by Crippen LogP contribution is -2.16. The number of aliphatic hydroxyl groups is 2. The van der Waals surface area contributed by atoms with Gasteiger partial charge in [-0.15, -0.1) is 0 Å². The second kappa shape index (κ2) is 4.18. The molecule has 0 heterocycles. The highest BCUT2D eigenvalue weighted by atomic mass is 16.3. The Balaban J connectivity index is 2.85. The van der Waals surface area contributed by atoms with Gasteiger partial charge in [0.2, 0.25) is 0 Å². The third kappa shape index (κ3) is 1.98. The predicted octanol–water partition coefficient (Wildman–Crippen LogP) is 2.12. The van der Waals surface area contributed by atoms with Crippen LogP contribution >= 0.6 is 0 Å². The van der Waals surface area contributed by atoms with Gasteiger partial charge in [0.1, 0.15) is 0 Å². The van der Waals surface area contributed by atoms with Gasteiger partial charge in [0.05, 0.1) is 11.7 Å². The highest BCUT2D eigenvalue weighted by molar-refractivity contribution is 5.45. The van der Waals surface area contributed by atoms with Crippen molar-refractivity contribution in [2.75, 3.05) is 0 Å². The molecule has 1 aromatic carbocycles. The standard InChI is InChI=1S/C15H20O3/c1-8(2)10-5-11-14(9(3)12(16)6-10)13(17)7-15(11,4)18/h5-6,8,13,17-18H,7H2,1-4H3/t13-,15+/m0/s1. The van der Waals surface area contributed by atoms with E-state index in [0.717, 1.165) is 5.56 Å². The van der Waals surface area contributed by atoms with Crippen LogP contribution < -0.4 is 5.43 Å². The first-order chi connectivity index (χ1) is 8.24. The van der Waals surface area contributed by atoms with E-state index in [0.29, 0.717) is 16.7 Å². The SMILES string of the molecule is Cc1c2c(cc(C(C)C)cc1=O)[C@](C)(O)C[C@@H]2O. The van der Waals surface area contributed by atoms with Crippen LogP contribution in [0.25, 0.3) is 0 Å². The average molecular weight is 248 g/mol. The van der Waals surface area contributed by atoms with Gasteiger partial charge in [0.15, 0.2) is 5.43 Å². The van der Waals surface area contributed by atoms with Gasteiger partial charge in [-0.1, -0.05) is 19.9 Å². The van der Waals surface area contributed by atoms with E-state index in [-0.39, 0.29) is 17.8 Å². The molecule has 2 N–H and O–H groups in total. The van der Waals surface area contributed by atoms with Crippen LogP contribution in [-0.2, 0) is 5.60 Å². The summed E-state index contributed by atoms with van der Waals surface area (Å²) in [5.74, 6) is 0.210. The summed E-state index contributed by atoms with van der Waals surface area (Å²) in [6.07, 6.45) is -0.500. The number of aliphatic hydroxyl groups excluding tert-OH is 1. The molecule has 18 heavy (non-hydrogen) atoms. The Kier molecular flexibility index (Phi) is 3.07. The third-order valence-electron chi connectivity index (χ3n) is 3.84. The molecule has 0 radical (unpaired) electrons. The van der Waals surface area contributed by atoms with Crippen molar-refractivity contribution in [3.63, 3.8) is 0 Å². The predicted molar refractivity (Wildman–Crippen MR) is 70.7 cm³/mol. The van der Waals surface area contributed by atoms with E-state index in [9.17, 15) is 15.0 Å². The normalized spacial score (nSPS) is 26.5. The van der Waals surface area contributed by atoms with Crippen LogP contribution in [0.1, 0.15) is 61.5 Å². The van der Waals surface area contributed by atoms with Crippen molar-refractivity contribution >= 4 is 0 Å². The fraction of sp³-hybridized carbons (Fsp3) is 0.533. The molecule has 0 bridgehead atoms. The van der Waals surface area contributed by atoms with Gasteiger partial charge < -0.3 is 10.2 Å². The molecule has 0 unspecified atom stereocenters. The van der Waals surface area contributed by atoms with Crippen molar-refractivity contribution in [2.24, 2.45) is 0 Å². The maximum atomic E-state index is 12.1. The second-order valence-electron chi connectivity index (χ2n) is 5.75. The molecule has 0 aliphatic heterocycles. The van der Waals surface area contributed by atoms with E-state index in [1.54, 1.807) is 19.9 Å². The van der Waals surface area contributed by atoms with Crippen molar-refractivity contribution in [1.82, 2.24) is 0 Å². The first-order valence-electron chi connectivity index (χ1n) is 6.33. The molecule has 3 heteroatoms. The second-order valence-corrected chi connectivity index (χ2v) is 5.75. The van der Waals surface area contributed by atoms with Crippen LogP contribution in [0, 0.1) is 6.92 Å². The average Bonchev–Trinajstić information content (AvgIpc) is 2.38. The smallest absolute Gasteiger partial charge is 0.182 e. The number of hydrogen-bond donors (Lipinski definition) is 2. The first-order valence-corrected chi connectivity index (χ1v) is 6.33. The molecular weight excluding hydrogens is 228 g/mol. The maximum Gasteiger partial charge on any atom is 0.182 e. The zero-order valence-corrected chi connectivity index (χ0v) is 11.3. The molecule has 1 aliphatic rings. The van der Waals surface area contributed by atoms with Gasteiger partial charge in [0.25, 0.3) is 0 Å². The number of rotatable bonds is 1. The van der Waals surface area contributed by atoms with Crippen LogP contribution in [0.5, 0.6) is 0 Å².